The van der Waals surface area contributed by atoms with E-state index < -0.39 is 0 Å². The second-order valence-electron chi connectivity index (χ2n) is 6.75. The largest absolute Gasteiger partial charge is 0.496 e. The smallest absolute Gasteiger partial charge is 0.162 e. The molecule has 3 aromatic heterocycles. The third kappa shape index (κ3) is 3.33. The van der Waals surface area contributed by atoms with Crippen LogP contribution in [0.5, 0.6) is 5.75 Å². The van der Waals surface area contributed by atoms with E-state index in [-0.39, 0.29) is 0 Å². The van der Waals surface area contributed by atoms with Crippen molar-refractivity contribution in [3.05, 3.63) is 65.9 Å². The van der Waals surface area contributed by atoms with Gasteiger partial charge in [0.05, 0.1) is 33.2 Å². The molecule has 2 aromatic carbocycles. The van der Waals surface area contributed by atoms with E-state index in [0.717, 1.165) is 49.5 Å². The normalized spacial score (nSPS) is 11.1. The van der Waals surface area contributed by atoms with Gasteiger partial charge in [-0.2, -0.15) is 0 Å². The summed E-state index contributed by atoms with van der Waals surface area (Å²) in [4.78, 5) is 18.3. The molecular weight excluding hydrogens is 394 g/mol. The topological polar surface area (TPSA) is 72.8 Å². The monoisotopic (exact) mass is 413 g/mol. The van der Waals surface area contributed by atoms with E-state index >= 15 is 0 Å². The molecule has 0 saturated carbocycles. The van der Waals surface area contributed by atoms with Crippen LogP contribution in [0.1, 0.15) is 11.9 Å². The number of anilines is 2. The lowest BCUT2D eigenvalue weighted by Crippen LogP contribution is -2.01. The van der Waals surface area contributed by atoms with E-state index in [2.05, 4.69) is 28.3 Å². The average molecular weight is 414 g/mol. The zero-order chi connectivity index (χ0) is 20.5. The summed E-state index contributed by atoms with van der Waals surface area (Å²) in [5.74, 6) is 2.06. The lowest BCUT2D eigenvalue weighted by atomic mass is 10.1. The molecule has 5 aromatic rings. The first-order valence-electron chi connectivity index (χ1n) is 9.67. The van der Waals surface area contributed by atoms with Gasteiger partial charge in [0.15, 0.2) is 5.82 Å². The lowest BCUT2D eigenvalue weighted by Gasteiger charge is -2.13. The Kier molecular flexibility index (Phi) is 4.72. The predicted octanol–water partition coefficient (Wildman–Crippen LogP) is 5.62. The number of nitrogens with one attached hydrogen (secondary N) is 1. The van der Waals surface area contributed by atoms with E-state index in [1.165, 1.54) is 0 Å². The van der Waals surface area contributed by atoms with Gasteiger partial charge in [0.1, 0.15) is 11.6 Å². The van der Waals surface area contributed by atoms with E-state index in [9.17, 15) is 0 Å². The lowest BCUT2D eigenvalue weighted by molar-refractivity contribution is 0.420. The van der Waals surface area contributed by atoms with E-state index in [4.69, 9.17) is 14.7 Å². The van der Waals surface area contributed by atoms with Gasteiger partial charge in [-0.3, -0.25) is 4.98 Å². The van der Waals surface area contributed by atoms with E-state index in [1.807, 2.05) is 42.5 Å². The highest BCUT2D eigenvalue weighted by Crippen LogP contribution is 2.34. The molecule has 30 heavy (non-hydrogen) atoms. The molecular formula is C23H19N5OS. The molecule has 0 fully saturated rings. The van der Waals surface area contributed by atoms with Crippen LogP contribution >= 0.6 is 11.3 Å². The summed E-state index contributed by atoms with van der Waals surface area (Å²) in [6.07, 6.45) is 4.42. The van der Waals surface area contributed by atoms with Crippen LogP contribution in [-0.2, 0) is 6.42 Å². The Balaban J connectivity index is 1.66. The van der Waals surface area contributed by atoms with Crippen molar-refractivity contribution in [3.63, 3.8) is 0 Å². The summed E-state index contributed by atoms with van der Waals surface area (Å²) in [6, 6.07) is 15.8. The maximum Gasteiger partial charge on any atom is 0.162 e. The fourth-order valence-electron chi connectivity index (χ4n) is 3.38. The van der Waals surface area contributed by atoms with Gasteiger partial charge in [0.25, 0.3) is 0 Å². The number of nitrogens with zero attached hydrogens (tertiary/aromatic N) is 4. The highest BCUT2D eigenvalue weighted by molar-refractivity contribution is 7.18. The first-order valence-corrected chi connectivity index (χ1v) is 10.5. The van der Waals surface area contributed by atoms with Gasteiger partial charge >= 0.3 is 0 Å². The molecule has 0 aliphatic heterocycles. The third-order valence-corrected chi connectivity index (χ3v) is 6.00. The number of ether oxygens (including phenoxy) is 1. The Morgan fingerprint density at radius 1 is 0.967 bits per heavy atom. The summed E-state index contributed by atoms with van der Waals surface area (Å²) < 4.78 is 6.75. The molecule has 0 aliphatic carbocycles. The summed E-state index contributed by atoms with van der Waals surface area (Å²) in [5, 5.41) is 5.46. The van der Waals surface area contributed by atoms with Crippen LogP contribution in [0.2, 0.25) is 0 Å². The minimum atomic E-state index is 0.632. The Morgan fingerprint density at radius 3 is 2.63 bits per heavy atom. The minimum Gasteiger partial charge on any atom is -0.496 e. The number of fused-ring (bicyclic) bond motifs is 2. The molecule has 0 atom stereocenters. The number of hydrogen-bond acceptors (Lipinski definition) is 7. The first-order chi connectivity index (χ1) is 14.7. The van der Waals surface area contributed by atoms with Crippen LogP contribution in [0, 0.1) is 0 Å². The van der Waals surface area contributed by atoms with Crippen molar-refractivity contribution in [2.45, 2.75) is 13.3 Å². The Hall–Kier alpha value is -3.58. The molecule has 6 nitrogen and oxygen atoms in total. The van der Waals surface area contributed by atoms with Crippen LogP contribution in [0.15, 0.2) is 60.9 Å². The first kappa shape index (κ1) is 18.4. The van der Waals surface area contributed by atoms with Crippen molar-refractivity contribution in [3.8, 4) is 17.1 Å². The fraction of sp³-hybridized carbons (Fsp3) is 0.130. The quantitative estimate of drug-likeness (QED) is 0.403. The Bertz CT molecular complexity index is 1350. The van der Waals surface area contributed by atoms with Crippen molar-refractivity contribution in [1.82, 2.24) is 19.9 Å². The van der Waals surface area contributed by atoms with E-state index in [0.29, 0.717) is 11.6 Å². The van der Waals surface area contributed by atoms with Gasteiger partial charge in [0, 0.05) is 23.6 Å². The number of rotatable bonds is 5. The Labute approximate surface area is 177 Å². The standard InChI is InChI=1S/C23H19N5OS/c1-3-20-26-16-8-7-15(13-19(16)30-20)25-23-21-17(5-4-6-18(21)29-2)27-22(28-23)14-9-11-24-12-10-14/h4-13H,3H2,1-2H3,(H,25,27,28). The number of aryl methyl sites for hydroxylation is 1. The number of thiazole rings is 1. The summed E-state index contributed by atoms with van der Waals surface area (Å²) >= 11 is 1.72. The van der Waals surface area contributed by atoms with Gasteiger partial charge in [-0.1, -0.05) is 13.0 Å². The third-order valence-electron chi connectivity index (χ3n) is 4.84. The summed E-state index contributed by atoms with van der Waals surface area (Å²) in [5.41, 5.74) is 3.68. The molecule has 0 aliphatic rings. The molecule has 0 radical (unpaired) electrons. The molecule has 7 heteroatoms. The molecule has 0 spiro atoms. The number of aromatic nitrogens is 4. The number of hydrogen-bond donors (Lipinski definition) is 1. The average Bonchev–Trinajstić information content (AvgIpc) is 3.21. The van der Waals surface area contributed by atoms with Gasteiger partial charge in [-0.25, -0.2) is 15.0 Å². The maximum absolute atomic E-state index is 5.60. The molecule has 0 amide bonds. The van der Waals surface area contributed by atoms with Crippen molar-refractivity contribution in [2.75, 3.05) is 12.4 Å². The molecule has 0 saturated heterocycles. The molecule has 0 bridgehead atoms. The fourth-order valence-corrected chi connectivity index (χ4v) is 4.33. The SMILES string of the molecule is CCc1nc2ccc(Nc3nc(-c4ccncc4)nc4cccc(OC)c34)cc2s1. The van der Waals surface area contributed by atoms with Crippen LogP contribution in [0.3, 0.4) is 0 Å². The van der Waals surface area contributed by atoms with Crippen LogP contribution in [0.25, 0.3) is 32.5 Å². The highest BCUT2D eigenvalue weighted by Gasteiger charge is 2.14. The van der Waals surface area contributed by atoms with Gasteiger partial charge < -0.3 is 10.1 Å². The Morgan fingerprint density at radius 2 is 1.83 bits per heavy atom. The molecule has 5 rings (SSSR count). The van der Waals surface area contributed by atoms with Crippen molar-refractivity contribution >= 4 is 44.0 Å². The zero-order valence-corrected chi connectivity index (χ0v) is 17.4. The van der Waals surface area contributed by atoms with Crippen molar-refractivity contribution in [1.29, 1.82) is 0 Å². The summed E-state index contributed by atoms with van der Waals surface area (Å²) in [6.45, 7) is 2.12. The van der Waals surface area contributed by atoms with Crippen molar-refractivity contribution < 1.29 is 4.74 Å². The molecule has 148 valence electrons. The van der Waals surface area contributed by atoms with E-state index in [1.54, 1.807) is 30.8 Å². The maximum atomic E-state index is 5.60. The van der Waals surface area contributed by atoms with Gasteiger partial charge in [-0.15, -0.1) is 11.3 Å². The number of methoxy groups -OCH3 is 1. The van der Waals surface area contributed by atoms with Gasteiger partial charge in [-0.05, 0) is 48.9 Å². The van der Waals surface area contributed by atoms with Crippen LogP contribution < -0.4 is 10.1 Å². The zero-order valence-electron chi connectivity index (χ0n) is 16.6. The van der Waals surface area contributed by atoms with Gasteiger partial charge in [0.2, 0.25) is 0 Å². The molecule has 3 heterocycles. The summed E-state index contributed by atoms with van der Waals surface area (Å²) in [7, 11) is 1.66. The second kappa shape index (κ2) is 7.68. The van der Waals surface area contributed by atoms with Crippen LogP contribution in [-0.4, -0.2) is 27.0 Å². The molecule has 0 unspecified atom stereocenters. The minimum absolute atomic E-state index is 0.632. The van der Waals surface area contributed by atoms with Crippen LogP contribution in [0.4, 0.5) is 11.5 Å². The second-order valence-corrected chi connectivity index (χ2v) is 7.87. The predicted molar refractivity (Wildman–Crippen MR) is 122 cm³/mol. The highest BCUT2D eigenvalue weighted by atomic mass is 32.1. The number of benzene rings is 2. The number of pyridine rings is 1. The van der Waals surface area contributed by atoms with Crippen molar-refractivity contribution in [2.24, 2.45) is 0 Å². The molecule has 1 N–H and O–H groups in total.